The summed E-state index contributed by atoms with van der Waals surface area (Å²) in [5.41, 5.74) is 4.39. The topological polar surface area (TPSA) is 34.0 Å². The molecule has 0 saturated carbocycles. The van der Waals surface area contributed by atoms with Gasteiger partial charge in [0.1, 0.15) is 11.5 Å². The van der Waals surface area contributed by atoms with E-state index in [2.05, 4.69) is 5.32 Å². The van der Waals surface area contributed by atoms with Crippen molar-refractivity contribution in [3.63, 3.8) is 0 Å². The summed E-state index contributed by atoms with van der Waals surface area (Å²) < 4.78 is 15.4. The number of nitrogens with zero attached hydrogens (tertiary/aromatic N) is 1. The van der Waals surface area contributed by atoms with Crippen molar-refractivity contribution in [2.24, 2.45) is 0 Å². The number of nitrogens with one attached hydrogen (secondary N) is 1. The van der Waals surface area contributed by atoms with Crippen molar-refractivity contribution in [2.75, 3.05) is 0 Å². The lowest BCUT2D eigenvalue weighted by Gasteiger charge is -2.17. The SMILES string of the molecule is Cc1cc(C)n(Cc2cccc(F)c2)c1C(=O)N[C@@H](C)c1ccccc1. The summed E-state index contributed by atoms with van der Waals surface area (Å²) in [6, 6.07) is 18.2. The molecule has 0 aliphatic carbocycles. The highest BCUT2D eigenvalue weighted by Gasteiger charge is 2.19. The zero-order valence-corrected chi connectivity index (χ0v) is 15.3. The van der Waals surface area contributed by atoms with Crippen molar-refractivity contribution < 1.29 is 9.18 Å². The minimum absolute atomic E-state index is 0.0964. The number of amides is 1. The number of halogens is 1. The lowest BCUT2D eigenvalue weighted by molar-refractivity contribution is 0.0930. The second kappa shape index (κ2) is 7.56. The van der Waals surface area contributed by atoms with Crippen LogP contribution in [0.3, 0.4) is 0 Å². The average molecular weight is 350 g/mol. The van der Waals surface area contributed by atoms with Crippen LogP contribution in [0.4, 0.5) is 4.39 Å². The van der Waals surface area contributed by atoms with Crippen molar-refractivity contribution in [1.82, 2.24) is 9.88 Å². The molecule has 0 spiro atoms. The van der Waals surface area contributed by atoms with Gasteiger partial charge in [0.15, 0.2) is 0 Å². The lowest BCUT2D eigenvalue weighted by Crippen LogP contribution is -2.29. The molecule has 0 unspecified atom stereocenters. The molecule has 0 saturated heterocycles. The van der Waals surface area contributed by atoms with Crippen molar-refractivity contribution >= 4 is 5.91 Å². The average Bonchev–Trinajstić information content (AvgIpc) is 2.89. The summed E-state index contributed by atoms with van der Waals surface area (Å²) in [4.78, 5) is 12.9. The van der Waals surface area contributed by atoms with E-state index in [0.29, 0.717) is 12.2 Å². The zero-order chi connectivity index (χ0) is 18.7. The molecule has 0 radical (unpaired) electrons. The van der Waals surface area contributed by atoms with E-state index in [9.17, 15) is 9.18 Å². The van der Waals surface area contributed by atoms with Gasteiger partial charge in [-0.3, -0.25) is 4.79 Å². The molecule has 3 rings (SSSR count). The number of carbonyl (C=O) groups is 1. The van der Waals surface area contributed by atoms with Gasteiger partial charge in [-0.1, -0.05) is 42.5 Å². The molecule has 1 heterocycles. The van der Waals surface area contributed by atoms with E-state index < -0.39 is 0 Å². The Bertz CT molecular complexity index is 915. The van der Waals surface area contributed by atoms with Crippen LogP contribution in [0.15, 0.2) is 60.7 Å². The molecule has 4 heteroatoms. The molecular formula is C22H23FN2O. The monoisotopic (exact) mass is 350 g/mol. The summed E-state index contributed by atoms with van der Waals surface area (Å²) in [5.74, 6) is -0.393. The molecule has 134 valence electrons. The van der Waals surface area contributed by atoms with Gasteiger partial charge in [-0.25, -0.2) is 4.39 Å². The van der Waals surface area contributed by atoms with Gasteiger partial charge < -0.3 is 9.88 Å². The summed E-state index contributed by atoms with van der Waals surface area (Å²) in [6.45, 7) is 6.32. The van der Waals surface area contributed by atoms with Crippen molar-refractivity contribution in [3.05, 3.63) is 94.6 Å². The Morgan fingerprint density at radius 1 is 1.08 bits per heavy atom. The van der Waals surface area contributed by atoms with Crippen LogP contribution in [0.1, 0.15) is 45.8 Å². The molecular weight excluding hydrogens is 327 g/mol. The maximum atomic E-state index is 13.5. The third-order valence-corrected chi connectivity index (χ3v) is 4.59. The van der Waals surface area contributed by atoms with E-state index in [-0.39, 0.29) is 17.8 Å². The zero-order valence-electron chi connectivity index (χ0n) is 15.3. The number of carbonyl (C=O) groups excluding carboxylic acids is 1. The Morgan fingerprint density at radius 3 is 2.50 bits per heavy atom. The first-order valence-corrected chi connectivity index (χ1v) is 8.72. The second-order valence-corrected chi connectivity index (χ2v) is 6.64. The molecule has 0 aliphatic rings. The van der Waals surface area contributed by atoms with Crippen molar-refractivity contribution in [1.29, 1.82) is 0 Å². The first-order valence-electron chi connectivity index (χ1n) is 8.72. The third kappa shape index (κ3) is 3.85. The fourth-order valence-electron chi connectivity index (χ4n) is 3.26. The van der Waals surface area contributed by atoms with E-state index in [1.54, 1.807) is 6.07 Å². The molecule has 1 N–H and O–H groups in total. The van der Waals surface area contributed by atoms with Crippen molar-refractivity contribution in [3.8, 4) is 0 Å². The minimum Gasteiger partial charge on any atom is -0.344 e. The van der Waals surface area contributed by atoms with E-state index >= 15 is 0 Å². The summed E-state index contributed by atoms with van der Waals surface area (Å²) in [6.07, 6.45) is 0. The van der Waals surface area contributed by atoms with E-state index in [1.165, 1.54) is 12.1 Å². The van der Waals surface area contributed by atoms with Gasteiger partial charge in [0.2, 0.25) is 0 Å². The standard InChI is InChI=1S/C22H23FN2O/c1-15-12-16(2)25(14-18-8-7-11-20(23)13-18)21(15)22(26)24-17(3)19-9-5-4-6-10-19/h4-13,17H,14H2,1-3H3,(H,24,26)/t17-/m0/s1. The van der Waals surface area contributed by atoms with E-state index in [1.807, 2.05) is 67.8 Å². The van der Waals surface area contributed by atoms with Crippen LogP contribution < -0.4 is 5.32 Å². The molecule has 0 bridgehead atoms. The molecule has 1 amide bonds. The Labute approximate surface area is 153 Å². The Hall–Kier alpha value is -2.88. The van der Waals surface area contributed by atoms with E-state index in [0.717, 1.165) is 22.4 Å². The molecule has 0 fully saturated rings. The fraction of sp³-hybridized carbons (Fsp3) is 0.227. The first-order chi connectivity index (χ1) is 12.5. The van der Waals surface area contributed by atoms with Crippen LogP contribution in [0.25, 0.3) is 0 Å². The van der Waals surface area contributed by atoms with Crippen LogP contribution >= 0.6 is 0 Å². The normalized spacial score (nSPS) is 12.0. The number of benzene rings is 2. The van der Waals surface area contributed by atoms with Gasteiger partial charge in [0.05, 0.1) is 6.04 Å². The molecule has 0 aliphatic heterocycles. The Balaban J connectivity index is 1.86. The molecule has 1 atom stereocenters. The van der Waals surface area contributed by atoms with E-state index in [4.69, 9.17) is 0 Å². The maximum Gasteiger partial charge on any atom is 0.268 e. The van der Waals surface area contributed by atoms with Crippen LogP contribution in [-0.2, 0) is 6.54 Å². The minimum atomic E-state index is -0.271. The van der Waals surface area contributed by atoms with Crippen LogP contribution in [0.2, 0.25) is 0 Å². The van der Waals surface area contributed by atoms with Gasteiger partial charge in [-0.15, -0.1) is 0 Å². The fourth-order valence-corrected chi connectivity index (χ4v) is 3.26. The van der Waals surface area contributed by atoms with Gasteiger partial charge in [0.25, 0.3) is 5.91 Å². The van der Waals surface area contributed by atoms with Crippen LogP contribution in [0, 0.1) is 19.7 Å². The highest BCUT2D eigenvalue weighted by molar-refractivity contribution is 5.94. The smallest absolute Gasteiger partial charge is 0.268 e. The highest BCUT2D eigenvalue weighted by Crippen LogP contribution is 2.19. The third-order valence-electron chi connectivity index (χ3n) is 4.59. The summed E-state index contributed by atoms with van der Waals surface area (Å²) in [7, 11) is 0. The quantitative estimate of drug-likeness (QED) is 0.706. The molecule has 2 aromatic carbocycles. The molecule has 1 aromatic heterocycles. The number of hydrogen-bond donors (Lipinski definition) is 1. The summed E-state index contributed by atoms with van der Waals surface area (Å²) >= 11 is 0. The molecule has 3 nitrogen and oxygen atoms in total. The number of rotatable bonds is 5. The maximum absolute atomic E-state index is 13.5. The van der Waals surface area contributed by atoms with Gasteiger partial charge in [0, 0.05) is 12.2 Å². The molecule has 3 aromatic rings. The van der Waals surface area contributed by atoms with Gasteiger partial charge in [-0.2, -0.15) is 0 Å². The number of aryl methyl sites for hydroxylation is 2. The number of hydrogen-bond acceptors (Lipinski definition) is 1. The second-order valence-electron chi connectivity index (χ2n) is 6.64. The largest absolute Gasteiger partial charge is 0.344 e. The predicted molar refractivity (Wildman–Crippen MR) is 102 cm³/mol. The Kier molecular flexibility index (Phi) is 5.21. The van der Waals surface area contributed by atoms with Crippen LogP contribution in [-0.4, -0.2) is 10.5 Å². The van der Waals surface area contributed by atoms with Gasteiger partial charge in [-0.05, 0) is 55.7 Å². The van der Waals surface area contributed by atoms with Gasteiger partial charge >= 0.3 is 0 Å². The predicted octanol–water partition coefficient (Wildman–Crippen LogP) is 4.78. The summed E-state index contributed by atoms with van der Waals surface area (Å²) in [5, 5.41) is 3.07. The molecule has 26 heavy (non-hydrogen) atoms. The van der Waals surface area contributed by atoms with Crippen molar-refractivity contribution in [2.45, 2.75) is 33.4 Å². The lowest BCUT2D eigenvalue weighted by atomic mass is 10.1. The first kappa shape index (κ1) is 17.9. The van der Waals surface area contributed by atoms with Crippen LogP contribution in [0.5, 0.6) is 0 Å². The number of aromatic nitrogens is 1. The Morgan fingerprint density at radius 2 is 1.81 bits per heavy atom. The highest BCUT2D eigenvalue weighted by atomic mass is 19.1.